The molecule has 0 aromatic heterocycles. The summed E-state index contributed by atoms with van der Waals surface area (Å²) in [4.78, 5) is 7.38. The second-order valence-corrected chi connectivity index (χ2v) is 0.387. The largest absolute Gasteiger partial charge is 0.521 e. The normalized spacial score (nSPS) is 1.75. The van der Waals surface area contributed by atoms with Crippen molar-refractivity contribution in [1.29, 1.82) is 0 Å². The molecule has 19 valence electrons. The molecule has 0 unspecified atom stereocenters. The van der Waals surface area contributed by atoms with E-state index in [9.17, 15) is 0 Å². The predicted octanol–water partition coefficient (Wildman–Crippen LogP) is -0.816. The van der Waals surface area contributed by atoms with Gasteiger partial charge in [0.1, 0.15) is 0 Å². The molecule has 0 rings (SSSR count). The Morgan fingerprint density at radius 3 is 1.75 bits per heavy atom. The molecule has 0 aliphatic heterocycles. The topological polar surface area (TPSA) is 20.2 Å². The van der Waals surface area contributed by atoms with Gasteiger partial charge in [-0.2, -0.15) is 0 Å². The van der Waals surface area contributed by atoms with Gasteiger partial charge in [0, 0.05) is 32.7 Å². The minimum absolute atomic E-state index is 0. The Balaban J connectivity index is 0. The first-order valence-corrected chi connectivity index (χ1v) is 1.54. The van der Waals surface area contributed by atoms with E-state index in [1.54, 1.807) is 0 Å². The zero-order valence-electron chi connectivity index (χ0n) is 2.10. The van der Waals surface area contributed by atoms with Crippen LogP contribution in [0.1, 0.15) is 0 Å². The van der Waals surface area contributed by atoms with Gasteiger partial charge in [-0.1, -0.05) is 0 Å². The van der Waals surface area contributed by atoms with Gasteiger partial charge in [0.15, 0.2) is 0 Å². The van der Waals surface area contributed by atoms with Crippen LogP contribution in [0.5, 0.6) is 0 Å². The molecular formula is CH2OSiY. The van der Waals surface area contributed by atoms with Crippen LogP contribution in [0.25, 0.3) is 0 Å². The molecule has 0 aromatic rings. The molecule has 0 spiro atoms. The van der Waals surface area contributed by atoms with Crippen LogP contribution in [0.3, 0.4) is 0 Å². The molecule has 0 aromatic carbocycles. The SMILES string of the molecule is C#[Si]O.[Y]. The summed E-state index contributed by atoms with van der Waals surface area (Å²) in [5, 5.41) is 0. The predicted molar refractivity (Wildman–Crippen MR) is 12.9 cm³/mol. The van der Waals surface area contributed by atoms with E-state index in [-0.39, 0.29) is 32.7 Å². The first-order chi connectivity index (χ1) is 1.41. The van der Waals surface area contributed by atoms with E-state index in [2.05, 4.69) is 6.00 Å². The molecule has 0 aliphatic carbocycles. The Morgan fingerprint density at radius 2 is 1.75 bits per heavy atom. The monoisotopic (exact) mass is 147 g/mol. The average Bonchev–Trinajstić information content (AvgIpc) is 0.918. The molecule has 0 saturated heterocycles. The average molecular weight is 147 g/mol. The molecule has 3 heteroatoms. The van der Waals surface area contributed by atoms with Gasteiger partial charge >= 0.3 is 0 Å². The standard InChI is InChI=1S/CH2OSi.Y/c1-3-2;/h1-2H;. The van der Waals surface area contributed by atoms with E-state index in [1.807, 2.05) is 0 Å². The van der Waals surface area contributed by atoms with Crippen molar-refractivity contribution in [2.75, 3.05) is 0 Å². The molecule has 1 N–H and O–H groups in total. The Labute approximate surface area is 52.5 Å². The Morgan fingerprint density at radius 1 is 1.75 bits per heavy atom. The van der Waals surface area contributed by atoms with Crippen LogP contribution in [-0.4, -0.2) is 14.0 Å². The fraction of sp³-hybridized carbons (Fsp3) is 0. The van der Waals surface area contributed by atoms with Crippen molar-refractivity contribution in [2.45, 2.75) is 0 Å². The van der Waals surface area contributed by atoms with Crippen LogP contribution in [0, 0.1) is 6.00 Å². The molecule has 0 atom stereocenters. The molecular weight excluding hydrogens is 145 g/mol. The van der Waals surface area contributed by atoms with E-state index in [1.165, 1.54) is 0 Å². The fourth-order valence-corrected chi connectivity index (χ4v) is 0. The van der Waals surface area contributed by atoms with Crippen LogP contribution in [0.4, 0.5) is 0 Å². The Bertz CT molecular complexity index is 29.5. The third kappa shape index (κ3) is 12.9. The zero-order chi connectivity index (χ0) is 2.71. The molecule has 0 fully saturated rings. The van der Waals surface area contributed by atoms with Gasteiger partial charge in [0.05, 0.1) is 0 Å². The zero-order valence-corrected chi connectivity index (χ0v) is 5.94. The third-order valence-corrected chi connectivity index (χ3v) is 0. The van der Waals surface area contributed by atoms with Crippen molar-refractivity contribution in [3.63, 3.8) is 0 Å². The van der Waals surface area contributed by atoms with Gasteiger partial charge in [0.2, 0.25) is 9.20 Å². The van der Waals surface area contributed by atoms with Crippen molar-refractivity contribution < 1.29 is 37.5 Å². The summed E-state index contributed by atoms with van der Waals surface area (Å²) in [5.74, 6) is 0. The second-order valence-electron chi connectivity index (χ2n) is 0.129. The summed E-state index contributed by atoms with van der Waals surface area (Å²) >= 11 is 0. The van der Waals surface area contributed by atoms with Gasteiger partial charge in [0.25, 0.3) is 0 Å². The van der Waals surface area contributed by atoms with E-state index in [0.717, 1.165) is 0 Å². The van der Waals surface area contributed by atoms with E-state index in [4.69, 9.17) is 4.80 Å². The van der Waals surface area contributed by atoms with E-state index in [0.29, 0.717) is 0 Å². The van der Waals surface area contributed by atoms with Crippen LogP contribution >= 0.6 is 0 Å². The Hall–Kier alpha value is 0.901. The number of hydrogen-bond acceptors (Lipinski definition) is 1. The molecule has 0 heterocycles. The van der Waals surface area contributed by atoms with Crippen molar-refractivity contribution >= 4 is 9.20 Å². The molecule has 0 aliphatic rings. The van der Waals surface area contributed by atoms with Gasteiger partial charge in [-0.25, -0.2) is 0 Å². The maximum Gasteiger partial charge on any atom is 0.237 e. The molecule has 4 heavy (non-hydrogen) atoms. The molecule has 0 amide bonds. The van der Waals surface area contributed by atoms with E-state index >= 15 is 0 Å². The molecule has 0 saturated carbocycles. The van der Waals surface area contributed by atoms with Crippen LogP contribution < -0.4 is 0 Å². The fourth-order valence-electron chi connectivity index (χ4n) is 0. The minimum atomic E-state index is -0.417. The van der Waals surface area contributed by atoms with E-state index < -0.39 is 9.20 Å². The first kappa shape index (κ1) is 8.86. The number of rotatable bonds is 0. The summed E-state index contributed by atoms with van der Waals surface area (Å²) in [6.45, 7) is 0. The summed E-state index contributed by atoms with van der Waals surface area (Å²) in [5.41, 5.74) is 0. The third-order valence-electron chi connectivity index (χ3n) is 0. The van der Waals surface area contributed by atoms with Crippen molar-refractivity contribution in [1.82, 2.24) is 0 Å². The van der Waals surface area contributed by atoms with Crippen molar-refractivity contribution in [3.8, 4) is 6.00 Å². The smallest absolute Gasteiger partial charge is 0.237 e. The molecule has 1 nitrogen and oxygen atoms in total. The number of hydrogen-bond donors (Lipinski definition) is 1. The van der Waals surface area contributed by atoms with Crippen molar-refractivity contribution in [2.24, 2.45) is 0 Å². The first-order valence-electron chi connectivity index (χ1n) is 0.512. The molecule has 0 bridgehead atoms. The van der Waals surface area contributed by atoms with Crippen molar-refractivity contribution in [3.05, 3.63) is 0 Å². The summed E-state index contributed by atoms with van der Waals surface area (Å²) in [6, 6.07) is 4.43. The van der Waals surface area contributed by atoms with Gasteiger partial charge in [-0.3, -0.25) is 0 Å². The van der Waals surface area contributed by atoms with Crippen LogP contribution in [0.15, 0.2) is 0 Å². The van der Waals surface area contributed by atoms with Gasteiger partial charge in [-0.15, -0.1) is 6.00 Å². The minimum Gasteiger partial charge on any atom is -0.521 e. The maximum atomic E-state index is 7.38. The summed E-state index contributed by atoms with van der Waals surface area (Å²) in [7, 11) is -0.417. The molecule has 1 radical (unpaired) electrons. The Kier molecular flexibility index (Phi) is 20.1. The van der Waals surface area contributed by atoms with Gasteiger partial charge < -0.3 is 4.80 Å². The van der Waals surface area contributed by atoms with Crippen LogP contribution in [-0.2, 0) is 32.7 Å². The summed E-state index contributed by atoms with van der Waals surface area (Å²) < 4.78 is 0. The summed E-state index contributed by atoms with van der Waals surface area (Å²) in [6.07, 6.45) is 0. The second kappa shape index (κ2) is 9.08. The van der Waals surface area contributed by atoms with Crippen LogP contribution in [0.2, 0.25) is 0 Å². The van der Waals surface area contributed by atoms with Gasteiger partial charge in [-0.05, 0) is 0 Å². The maximum absolute atomic E-state index is 7.38. The quantitative estimate of drug-likeness (QED) is 0.444.